The summed E-state index contributed by atoms with van der Waals surface area (Å²) in [5.41, 5.74) is 1.43. The van der Waals surface area contributed by atoms with Crippen molar-refractivity contribution < 1.29 is 5.11 Å². The van der Waals surface area contributed by atoms with Gasteiger partial charge in [0.25, 0.3) is 0 Å². The Balaban J connectivity index is 2.23. The number of rotatable bonds is 2. The number of phenols is 1. The maximum Gasteiger partial charge on any atom is 0.146 e. The van der Waals surface area contributed by atoms with Crippen molar-refractivity contribution >= 4 is 5.69 Å². The van der Waals surface area contributed by atoms with Gasteiger partial charge in [-0.05, 0) is 24.3 Å². The van der Waals surface area contributed by atoms with Crippen molar-refractivity contribution in [1.29, 1.82) is 0 Å². The van der Waals surface area contributed by atoms with E-state index in [1.165, 1.54) is 12.8 Å². The van der Waals surface area contributed by atoms with Crippen LogP contribution in [0.3, 0.4) is 0 Å². The molecular weight excluding hydrogens is 224 g/mol. The van der Waals surface area contributed by atoms with Gasteiger partial charge in [0.05, 0.1) is 6.04 Å². The van der Waals surface area contributed by atoms with Crippen molar-refractivity contribution in [2.75, 3.05) is 0 Å². The molecule has 0 spiro atoms. The molecule has 1 aliphatic carbocycles. The van der Waals surface area contributed by atoms with Crippen molar-refractivity contribution in [1.82, 2.24) is 0 Å². The minimum atomic E-state index is -0.0804. The van der Waals surface area contributed by atoms with Gasteiger partial charge in [-0.15, -0.1) is 0 Å². The fraction of sp³-hybridized carbons (Fsp3) is 0.600. The number of hydrogen-bond donors (Lipinski definition) is 1. The largest absolute Gasteiger partial charge is 0.505 e. The minimum absolute atomic E-state index is 0.0804. The van der Waals surface area contributed by atoms with E-state index in [2.05, 4.69) is 31.0 Å². The Hall–Kier alpha value is -1.38. The van der Waals surface area contributed by atoms with E-state index in [-0.39, 0.29) is 11.2 Å². The van der Waals surface area contributed by atoms with Gasteiger partial charge in [-0.25, -0.2) is 0 Å². The number of azo groups is 1. The Morgan fingerprint density at radius 3 is 2.44 bits per heavy atom. The lowest BCUT2D eigenvalue weighted by molar-refractivity contribution is 0.447. The Morgan fingerprint density at radius 2 is 1.83 bits per heavy atom. The highest BCUT2D eigenvalue weighted by Gasteiger charge is 2.20. The second-order valence-electron chi connectivity index (χ2n) is 6.08. The van der Waals surface area contributed by atoms with Gasteiger partial charge in [-0.2, -0.15) is 10.2 Å². The predicted octanol–water partition coefficient (Wildman–Crippen LogP) is 4.72. The van der Waals surface area contributed by atoms with Crippen molar-refractivity contribution in [2.24, 2.45) is 10.2 Å². The lowest BCUT2D eigenvalue weighted by atomic mass is 9.86. The molecule has 1 aromatic rings. The van der Waals surface area contributed by atoms with Crippen LogP contribution in [0.15, 0.2) is 28.4 Å². The number of benzene rings is 1. The summed E-state index contributed by atoms with van der Waals surface area (Å²) in [6.45, 7) is 6.25. The standard InChI is InChI=1S/C15H22N2O/c1-15(2,3)12-9-6-10-13(14(12)18)17-16-11-7-4-5-8-11/h6,9-11,18H,4-5,7-8H2,1-3H3. The molecule has 1 N–H and O–H groups in total. The summed E-state index contributed by atoms with van der Waals surface area (Å²) in [6, 6.07) is 6.05. The number of nitrogens with zero attached hydrogens (tertiary/aromatic N) is 2. The second kappa shape index (κ2) is 5.09. The van der Waals surface area contributed by atoms with Gasteiger partial charge in [-0.1, -0.05) is 45.7 Å². The smallest absolute Gasteiger partial charge is 0.146 e. The third kappa shape index (κ3) is 2.89. The highest BCUT2D eigenvalue weighted by Crippen LogP contribution is 2.38. The van der Waals surface area contributed by atoms with Crippen LogP contribution in [-0.4, -0.2) is 11.1 Å². The minimum Gasteiger partial charge on any atom is -0.505 e. The third-order valence-corrected chi connectivity index (χ3v) is 3.48. The molecule has 0 heterocycles. The molecule has 18 heavy (non-hydrogen) atoms. The average Bonchev–Trinajstić information content (AvgIpc) is 2.79. The summed E-state index contributed by atoms with van der Waals surface area (Å²) in [6.07, 6.45) is 4.75. The fourth-order valence-corrected chi connectivity index (χ4v) is 2.38. The quantitative estimate of drug-likeness (QED) is 0.754. The molecule has 3 heteroatoms. The van der Waals surface area contributed by atoms with E-state index < -0.39 is 0 Å². The van der Waals surface area contributed by atoms with Gasteiger partial charge >= 0.3 is 0 Å². The molecule has 0 radical (unpaired) electrons. The molecule has 0 atom stereocenters. The zero-order chi connectivity index (χ0) is 13.2. The lowest BCUT2D eigenvalue weighted by Gasteiger charge is -2.20. The summed E-state index contributed by atoms with van der Waals surface area (Å²) in [5.74, 6) is 0.270. The first-order valence-electron chi connectivity index (χ1n) is 6.72. The average molecular weight is 246 g/mol. The van der Waals surface area contributed by atoms with E-state index in [1.54, 1.807) is 0 Å². The number of phenolic OH excluding ortho intramolecular Hbond substituents is 1. The highest BCUT2D eigenvalue weighted by molar-refractivity contribution is 5.56. The molecule has 0 amide bonds. The normalized spacial score (nSPS) is 17.7. The molecule has 1 aromatic carbocycles. The van der Waals surface area contributed by atoms with Gasteiger partial charge in [0.15, 0.2) is 0 Å². The summed E-state index contributed by atoms with van der Waals surface area (Å²) < 4.78 is 0. The van der Waals surface area contributed by atoms with Crippen LogP contribution in [0.1, 0.15) is 52.0 Å². The molecule has 1 aliphatic rings. The summed E-state index contributed by atoms with van der Waals surface area (Å²) in [4.78, 5) is 0. The summed E-state index contributed by atoms with van der Waals surface area (Å²) in [7, 11) is 0. The van der Waals surface area contributed by atoms with Crippen LogP contribution in [0.25, 0.3) is 0 Å². The molecule has 0 aliphatic heterocycles. The summed E-state index contributed by atoms with van der Waals surface area (Å²) >= 11 is 0. The topological polar surface area (TPSA) is 45.0 Å². The molecule has 98 valence electrons. The lowest BCUT2D eigenvalue weighted by Crippen LogP contribution is -2.10. The summed E-state index contributed by atoms with van der Waals surface area (Å²) in [5, 5.41) is 18.8. The van der Waals surface area contributed by atoms with Gasteiger partial charge in [0.1, 0.15) is 11.4 Å². The first kappa shape index (κ1) is 13.1. The van der Waals surface area contributed by atoms with Crippen LogP contribution >= 0.6 is 0 Å². The van der Waals surface area contributed by atoms with E-state index in [0.29, 0.717) is 11.7 Å². The maximum atomic E-state index is 10.2. The van der Waals surface area contributed by atoms with E-state index >= 15 is 0 Å². The second-order valence-corrected chi connectivity index (χ2v) is 6.08. The van der Waals surface area contributed by atoms with Gasteiger partial charge in [0, 0.05) is 5.56 Å². The van der Waals surface area contributed by atoms with Gasteiger partial charge < -0.3 is 5.11 Å². The molecule has 0 unspecified atom stereocenters. The van der Waals surface area contributed by atoms with Crippen molar-refractivity contribution in [3.63, 3.8) is 0 Å². The van der Waals surface area contributed by atoms with Gasteiger partial charge in [-0.3, -0.25) is 0 Å². The Kier molecular flexibility index (Phi) is 3.69. The van der Waals surface area contributed by atoms with E-state index in [0.717, 1.165) is 18.4 Å². The van der Waals surface area contributed by atoms with E-state index in [1.807, 2.05) is 18.2 Å². The number of aromatic hydroxyl groups is 1. The molecule has 0 aromatic heterocycles. The number of hydrogen-bond acceptors (Lipinski definition) is 3. The Labute approximate surface area is 109 Å². The first-order chi connectivity index (χ1) is 8.48. The maximum absolute atomic E-state index is 10.2. The van der Waals surface area contributed by atoms with Crippen molar-refractivity contribution in [3.05, 3.63) is 23.8 Å². The zero-order valence-corrected chi connectivity index (χ0v) is 11.5. The predicted molar refractivity (Wildman–Crippen MR) is 73.6 cm³/mol. The Morgan fingerprint density at radius 1 is 1.17 bits per heavy atom. The molecule has 1 saturated carbocycles. The molecule has 2 rings (SSSR count). The van der Waals surface area contributed by atoms with Crippen LogP contribution in [0.5, 0.6) is 5.75 Å². The van der Waals surface area contributed by atoms with E-state index in [4.69, 9.17) is 0 Å². The molecule has 3 nitrogen and oxygen atoms in total. The fourth-order valence-electron chi connectivity index (χ4n) is 2.38. The number of para-hydroxylation sites is 1. The zero-order valence-electron chi connectivity index (χ0n) is 11.5. The Bertz CT molecular complexity index is 440. The molecular formula is C15H22N2O. The molecule has 0 saturated heterocycles. The first-order valence-corrected chi connectivity index (χ1v) is 6.72. The van der Waals surface area contributed by atoms with Crippen molar-refractivity contribution in [3.8, 4) is 5.75 Å². The molecule has 1 fully saturated rings. The monoisotopic (exact) mass is 246 g/mol. The third-order valence-electron chi connectivity index (χ3n) is 3.48. The van der Waals surface area contributed by atoms with Gasteiger partial charge in [0.2, 0.25) is 0 Å². The van der Waals surface area contributed by atoms with Crippen molar-refractivity contribution in [2.45, 2.75) is 57.9 Å². The highest BCUT2D eigenvalue weighted by atomic mass is 16.3. The van der Waals surface area contributed by atoms with Crippen LogP contribution in [0.4, 0.5) is 5.69 Å². The molecule has 0 bridgehead atoms. The van der Waals surface area contributed by atoms with E-state index in [9.17, 15) is 5.11 Å². The van der Waals surface area contributed by atoms with Crippen LogP contribution in [-0.2, 0) is 5.41 Å². The van der Waals surface area contributed by atoms with Crippen LogP contribution < -0.4 is 0 Å². The SMILES string of the molecule is CC(C)(C)c1cccc(N=NC2CCCC2)c1O. The van der Waals surface area contributed by atoms with Crippen LogP contribution in [0, 0.1) is 0 Å². The van der Waals surface area contributed by atoms with Crippen LogP contribution in [0.2, 0.25) is 0 Å².